The van der Waals surface area contributed by atoms with Crippen molar-refractivity contribution in [3.8, 4) is 11.5 Å². The molecular formula is C26H26N2O7. The molecule has 0 aliphatic heterocycles. The number of carbonyl (C=O) groups is 2. The molecule has 0 aliphatic carbocycles. The fourth-order valence-electron chi connectivity index (χ4n) is 4.07. The molecule has 0 saturated carbocycles. The van der Waals surface area contributed by atoms with E-state index in [0.29, 0.717) is 38.8 Å². The summed E-state index contributed by atoms with van der Waals surface area (Å²) in [6.45, 7) is 6.77. The average molecular weight is 479 g/mol. The Kier molecular flexibility index (Phi) is 6.26. The number of carboxylic acids is 1. The third kappa shape index (κ3) is 4.70. The first kappa shape index (κ1) is 23.9. The number of hydrogen-bond donors (Lipinski definition) is 4. The lowest BCUT2D eigenvalue weighted by Crippen LogP contribution is -2.47. The van der Waals surface area contributed by atoms with Crippen molar-refractivity contribution >= 4 is 33.7 Å². The Bertz CT molecular complexity index is 1520. The summed E-state index contributed by atoms with van der Waals surface area (Å²) in [6, 6.07) is 7.01. The Labute approximate surface area is 200 Å². The van der Waals surface area contributed by atoms with E-state index in [9.17, 15) is 24.6 Å². The molecule has 2 atom stereocenters. The van der Waals surface area contributed by atoms with Gasteiger partial charge in [0.25, 0.3) is 5.91 Å². The Balaban J connectivity index is 1.57. The summed E-state index contributed by atoms with van der Waals surface area (Å²) in [5, 5.41) is 23.3. The van der Waals surface area contributed by atoms with Crippen molar-refractivity contribution in [1.82, 2.24) is 10.3 Å². The lowest BCUT2D eigenvalue weighted by Gasteiger charge is -2.20. The van der Waals surface area contributed by atoms with Crippen molar-refractivity contribution < 1.29 is 29.0 Å². The van der Waals surface area contributed by atoms with Gasteiger partial charge in [-0.2, -0.15) is 0 Å². The van der Waals surface area contributed by atoms with Gasteiger partial charge in [0, 0.05) is 29.1 Å². The van der Waals surface area contributed by atoms with E-state index >= 15 is 0 Å². The number of aromatic nitrogens is 1. The van der Waals surface area contributed by atoms with Crippen LogP contribution in [0.3, 0.4) is 0 Å². The lowest BCUT2D eigenvalue weighted by atomic mass is 10.0. The first-order valence-corrected chi connectivity index (χ1v) is 11.1. The van der Waals surface area contributed by atoms with E-state index < -0.39 is 29.6 Å². The Hall–Kier alpha value is -4.27. The van der Waals surface area contributed by atoms with Crippen LogP contribution in [-0.2, 0) is 16.0 Å². The number of ether oxygens (including phenoxy) is 1. The number of rotatable bonds is 7. The number of aliphatic carboxylic acids is 1. The maximum absolute atomic E-state index is 12.9. The van der Waals surface area contributed by atoms with Gasteiger partial charge in [-0.15, -0.1) is 0 Å². The molecule has 182 valence electrons. The van der Waals surface area contributed by atoms with Crippen molar-refractivity contribution in [3.63, 3.8) is 0 Å². The summed E-state index contributed by atoms with van der Waals surface area (Å²) in [5.41, 5.74) is 3.21. The normalized spacial score (nSPS) is 13.0. The number of hydrogen-bond acceptors (Lipinski definition) is 6. The minimum absolute atomic E-state index is 0.00802. The summed E-state index contributed by atoms with van der Waals surface area (Å²) < 4.78 is 11.3. The Morgan fingerprint density at radius 3 is 2.60 bits per heavy atom. The Morgan fingerprint density at radius 2 is 1.89 bits per heavy atom. The van der Waals surface area contributed by atoms with E-state index in [1.165, 1.54) is 13.0 Å². The number of phenols is 1. The van der Waals surface area contributed by atoms with Crippen LogP contribution < -0.4 is 15.7 Å². The first-order valence-electron chi connectivity index (χ1n) is 11.1. The van der Waals surface area contributed by atoms with E-state index in [-0.39, 0.29) is 12.2 Å². The second-order valence-corrected chi connectivity index (χ2v) is 8.68. The van der Waals surface area contributed by atoms with E-state index in [0.717, 1.165) is 11.1 Å². The van der Waals surface area contributed by atoms with Gasteiger partial charge in [0.15, 0.2) is 6.10 Å². The van der Waals surface area contributed by atoms with Crippen LogP contribution in [0.25, 0.3) is 21.9 Å². The third-order valence-corrected chi connectivity index (χ3v) is 6.12. The van der Waals surface area contributed by atoms with Crippen LogP contribution in [0.4, 0.5) is 0 Å². The summed E-state index contributed by atoms with van der Waals surface area (Å²) >= 11 is 0. The molecule has 2 aromatic heterocycles. The molecule has 2 heterocycles. The standard InChI is InChI=1S/C26H26N2O7/c1-12-7-21(23-13(2)14(3)26(33)35-22(23)8-12)34-15(4)24(30)28-20(25(31)32)9-16-11-27-19-6-5-17(29)10-18(16)19/h5-8,10-11,15,20,27,29H,9H2,1-4H3,(H,28,30)(H,31,32)/t15-,20-/m0/s1. The van der Waals surface area contributed by atoms with Gasteiger partial charge in [-0.1, -0.05) is 0 Å². The molecule has 0 unspecified atom stereocenters. The molecule has 0 saturated heterocycles. The minimum atomic E-state index is -1.22. The van der Waals surface area contributed by atoms with Gasteiger partial charge < -0.3 is 29.7 Å². The van der Waals surface area contributed by atoms with Gasteiger partial charge in [0.1, 0.15) is 23.1 Å². The lowest BCUT2D eigenvalue weighted by molar-refractivity contribution is -0.142. The Morgan fingerprint density at radius 1 is 1.14 bits per heavy atom. The maximum Gasteiger partial charge on any atom is 0.339 e. The highest BCUT2D eigenvalue weighted by Gasteiger charge is 2.26. The summed E-state index contributed by atoms with van der Waals surface area (Å²) in [6.07, 6.45) is 0.637. The monoisotopic (exact) mass is 478 g/mol. The molecular weight excluding hydrogens is 452 g/mol. The summed E-state index contributed by atoms with van der Waals surface area (Å²) in [5.74, 6) is -1.38. The SMILES string of the molecule is Cc1cc(O[C@@H](C)C(=O)N[C@@H](Cc2c[nH]c3ccc(O)cc23)C(=O)O)c2c(C)c(C)c(=O)oc2c1. The molecule has 0 spiro atoms. The van der Waals surface area contributed by atoms with Gasteiger partial charge in [0.05, 0.1) is 5.39 Å². The van der Waals surface area contributed by atoms with Crippen molar-refractivity contribution in [2.75, 3.05) is 0 Å². The van der Waals surface area contributed by atoms with Gasteiger partial charge in [-0.25, -0.2) is 9.59 Å². The third-order valence-electron chi connectivity index (χ3n) is 6.12. The topological polar surface area (TPSA) is 142 Å². The van der Waals surface area contributed by atoms with Gasteiger partial charge >= 0.3 is 11.6 Å². The summed E-state index contributed by atoms with van der Waals surface area (Å²) in [7, 11) is 0. The fourth-order valence-corrected chi connectivity index (χ4v) is 4.07. The zero-order valence-electron chi connectivity index (χ0n) is 19.8. The zero-order chi connectivity index (χ0) is 25.4. The number of aromatic hydroxyl groups is 1. The van der Waals surface area contributed by atoms with Crippen molar-refractivity contribution in [3.05, 3.63) is 69.2 Å². The largest absolute Gasteiger partial charge is 0.508 e. The minimum Gasteiger partial charge on any atom is -0.508 e. The van der Waals surface area contributed by atoms with E-state index in [1.54, 1.807) is 44.3 Å². The number of aromatic amines is 1. The second kappa shape index (κ2) is 9.17. The predicted molar refractivity (Wildman–Crippen MR) is 130 cm³/mol. The number of carbonyl (C=O) groups excluding carboxylic acids is 1. The predicted octanol–water partition coefficient (Wildman–Crippen LogP) is 3.48. The number of H-pyrrole nitrogens is 1. The van der Waals surface area contributed by atoms with Crippen molar-refractivity contribution in [2.45, 2.75) is 46.3 Å². The molecule has 9 heteroatoms. The summed E-state index contributed by atoms with van der Waals surface area (Å²) in [4.78, 5) is 39.9. The molecule has 0 aliphatic rings. The number of aryl methyl sites for hydroxylation is 2. The highest BCUT2D eigenvalue weighted by Crippen LogP contribution is 2.31. The molecule has 2 aromatic carbocycles. The van der Waals surface area contributed by atoms with E-state index in [4.69, 9.17) is 9.15 Å². The van der Waals surface area contributed by atoms with Crippen LogP contribution in [0.5, 0.6) is 11.5 Å². The van der Waals surface area contributed by atoms with E-state index in [1.807, 2.05) is 6.92 Å². The van der Waals surface area contributed by atoms with Crippen LogP contribution in [0, 0.1) is 20.8 Å². The quantitative estimate of drug-likeness (QED) is 0.298. The zero-order valence-corrected chi connectivity index (χ0v) is 19.8. The molecule has 4 N–H and O–H groups in total. The van der Waals surface area contributed by atoms with E-state index in [2.05, 4.69) is 10.3 Å². The van der Waals surface area contributed by atoms with Crippen LogP contribution in [0.15, 0.2) is 45.7 Å². The van der Waals surface area contributed by atoms with Crippen molar-refractivity contribution in [1.29, 1.82) is 0 Å². The fraction of sp³-hybridized carbons (Fsp3) is 0.269. The van der Waals surface area contributed by atoms with Crippen LogP contribution >= 0.6 is 0 Å². The van der Waals surface area contributed by atoms with Gasteiger partial charge in [-0.3, -0.25) is 4.79 Å². The molecule has 1 amide bonds. The number of benzene rings is 2. The van der Waals surface area contributed by atoms with Crippen molar-refractivity contribution in [2.24, 2.45) is 0 Å². The molecule has 0 radical (unpaired) electrons. The molecule has 9 nitrogen and oxygen atoms in total. The highest BCUT2D eigenvalue weighted by molar-refractivity contribution is 5.91. The number of amides is 1. The first-order chi connectivity index (χ1) is 16.5. The molecule has 0 bridgehead atoms. The maximum atomic E-state index is 12.9. The van der Waals surface area contributed by atoms with Crippen LogP contribution in [-0.4, -0.2) is 39.2 Å². The number of phenolic OH excluding ortho intramolecular Hbond substituents is 1. The molecule has 0 fully saturated rings. The molecule has 4 rings (SSSR count). The second-order valence-electron chi connectivity index (χ2n) is 8.68. The van der Waals surface area contributed by atoms with Gasteiger partial charge in [0.2, 0.25) is 0 Å². The van der Waals surface area contributed by atoms with Crippen LogP contribution in [0.2, 0.25) is 0 Å². The highest BCUT2D eigenvalue weighted by atomic mass is 16.5. The average Bonchev–Trinajstić information content (AvgIpc) is 3.18. The molecule has 35 heavy (non-hydrogen) atoms. The number of carboxylic acid groups (broad SMARTS) is 1. The number of nitrogens with one attached hydrogen (secondary N) is 2. The smallest absolute Gasteiger partial charge is 0.339 e. The molecule has 4 aromatic rings. The van der Waals surface area contributed by atoms with Crippen LogP contribution in [0.1, 0.15) is 29.2 Å². The number of fused-ring (bicyclic) bond motifs is 2. The van der Waals surface area contributed by atoms with Gasteiger partial charge in [-0.05, 0) is 74.7 Å².